The average molecular weight is 161 g/mol. The average Bonchev–Trinajstić information content (AvgIpc) is 2.17. The van der Waals surface area contributed by atoms with Crippen LogP contribution in [-0.4, -0.2) is 5.78 Å². The van der Waals surface area contributed by atoms with E-state index < -0.39 is 0 Å². The molecule has 0 spiro atoms. The molecule has 0 heterocycles. The van der Waals surface area contributed by atoms with Gasteiger partial charge < -0.3 is 5.73 Å². The highest BCUT2D eigenvalue weighted by Gasteiger charge is 2.05. The van der Waals surface area contributed by atoms with Crippen molar-refractivity contribution in [3.63, 3.8) is 0 Å². The van der Waals surface area contributed by atoms with Crippen LogP contribution in [-0.2, 0) is 0 Å². The van der Waals surface area contributed by atoms with E-state index in [1.54, 1.807) is 19.1 Å². The van der Waals surface area contributed by atoms with Crippen molar-refractivity contribution in [2.24, 2.45) is 5.73 Å². The zero-order valence-electron chi connectivity index (χ0n) is 6.95. The molecule has 2 nitrogen and oxygen atoms in total. The van der Waals surface area contributed by atoms with Crippen molar-refractivity contribution in [1.82, 2.24) is 0 Å². The first-order valence-electron chi connectivity index (χ1n) is 3.74. The molecule has 2 heteroatoms. The zero-order chi connectivity index (χ0) is 8.97. The highest BCUT2D eigenvalue weighted by molar-refractivity contribution is 6.08. The summed E-state index contributed by atoms with van der Waals surface area (Å²) in [4.78, 5) is 11.4. The monoisotopic (exact) mass is 161 g/mol. The SMILES string of the molecule is C/C(=C\N)C(=O)c1ccccc1. The number of carbonyl (C=O) groups excluding carboxylic acids is 1. The smallest absolute Gasteiger partial charge is 0.190 e. The number of hydrogen-bond donors (Lipinski definition) is 1. The molecule has 62 valence electrons. The lowest BCUT2D eigenvalue weighted by atomic mass is 10.1. The quantitative estimate of drug-likeness (QED) is 0.530. The Hall–Kier alpha value is -1.57. The maximum Gasteiger partial charge on any atom is 0.190 e. The lowest BCUT2D eigenvalue weighted by molar-refractivity contribution is 0.103. The van der Waals surface area contributed by atoms with Gasteiger partial charge >= 0.3 is 0 Å². The fourth-order valence-electron chi connectivity index (χ4n) is 0.893. The fourth-order valence-corrected chi connectivity index (χ4v) is 0.893. The van der Waals surface area contributed by atoms with Crippen LogP contribution in [0.25, 0.3) is 0 Å². The van der Waals surface area contributed by atoms with Crippen LogP contribution < -0.4 is 5.73 Å². The van der Waals surface area contributed by atoms with Crippen molar-refractivity contribution in [3.8, 4) is 0 Å². The number of ketones is 1. The maximum absolute atomic E-state index is 11.4. The van der Waals surface area contributed by atoms with Gasteiger partial charge in [-0.2, -0.15) is 0 Å². The van der Waals surface area contributed by atoms with E-state index in [1.807, 2.05) is 18.2 Å². The van der Waals surface area contributed by atoms with Gasteiger partial charge in [0.1, 0.15) is 0 Å². The third kappa shape index (κ3) is 1.72. The van der Waals surface area contributed by atoms with Crippen molar-refractivity contribution in [2.45, 2.75) is 6.92 Å². The summed E-state index contributed by atoms with van der Waals surface area (Å²) in [7, 11) is 0. The summed E-state index contributed by atoms with van der Waals surface area (Å²) in [5.41, 5.74) is 6.48. The molecular weight excluding hydrogens is 150 g/mol. The molecule has 0 atom stereocenters. The molecule has 0 unspecified atom stereocenters. The highest BCUT2D eigenvalue weighted by atomic mass is 16.1. The molecule has 0 aliphatic heterocycles. The van der Waals surface area contributed by atoms with E-state index in [4.69, 9.17) is 5.73 Å². The Morgan fingerprint density at radius 3 is 2.42 bits per heavy atom. The minimum absolute atomic E-state index is 0.0156. The molecule has 1 aromatic rings. The van der Waals surface area contributed by atoms with Crippen molar-refractivity contribution >= 4 is 5.78 Å². The summed E-state index contributed by atoms with van der Waals surface area (Å²) in [5.74, 6) is -0.0156. The number of hydrogen-bond acceptors (Lipinski definition) is 2. The van der Waals surface area contributed by atoms with Gasteiger partial charge in [-0.25, -0.2) is 0 Å². The van der Waals surface area contributed by atoms with E-state index >= 15 is 0 Å². The summed E-state index contributed by atoms with van der Waals surface area (Å²) in [6.07, 6.45) is 1.33. The predicted molar refractivity (Wildman–Crippen MR) is 48.7 cm³/mol. The fraction of sp³-hybridized carbons (Fsp3) is 0.100. The molecule has 0 saturated heterocycles. The minimum atomic E-state index is -0.0156. The van der Waals surface area contributed by atoms with E-state index in [0.717, 1.165) is 0 Å². The molecule has 1 rings (SSSR count). The largest absolute Gasteiger partial charge is 0.404 e. The van der Waals surface area contributed by atoms with E-state index in [-0.39, 0.29) is 5.78 Å². The third-order valence-electron chi connectivity index (χ3n) is 1.64. The van der Waals surface area contributed by atoms with Gasteiger partial charge in [-0.1, -0.05) is 30.3 Å². The molecule has 0 radical (unpaired) electrons. The lowest BCUT2D eigenvalue weighted by Crippen LogP contribution is -2.01. The maximum atomic E-state index is 11.4. The molecule has 0 bridgehead atoms. The van der Waals surface area contributed by atoms with Crippen molar-refractivity contribution in [2.75, 3.05) is 0 Å². The van der Waals surface area contributed by atoms with E-state index in [9.17, 15) is 4.79 Å². The molecule has 0 amide bonds. The van der Waals surface area contributed by atoms with Crippen LogP contribution in [0, 0.1) is 0 Å². The Balaban J connectivity index is 2.94. The molecule has 0 aliphatic rings. The van der Waals surface area contributed by atoms with E-state index in [0.29, 0.717) is 11.1 Å². The Labute approximate surface area is 71.7 Å². The van der Waals surface area contributed by atoms with Gasteiger partial charge in [-0.15, -0.1) is 0 Å². The van der Waals surface area contributed by atoms with Gasteiger partial charge in [0.2, 0.25) is 0 Å². The zero-order valence-corrected chi connectivity index (χ0v) is 6.95. The molecule has 2 N–H and O–H groups in total. The minimum Gasteiger partial charge on any atom is -0.404 e. The number of carbonyl (C=O) groups is 1. The highest BCUT2D eigenvalue weighted by Crippen LogP contribution is 2.05. The molecular formula is C10H11NO. The summed E-state index contributed by atoms with van der Waals surface area (Å²) in [6.45, 7) is 1.70. The Kier molecular flexibility index (Phi) is 2.64. The second-order valence-corrected chi connectivity index (χ2v) is 2.54. The third-order valence-corrected chi connectivity index (χ3v) is 1.64. The van der Waals surface area contributed by atoms with E-state index in [1.165, 1.54) is 6.20 Å². The van der Waals surface area contributed by atoms with Crippen LogP contribution in [0.1, 0.15) is 17.3 Å². The van der Waals surface area contributed by atoms with Crippen LogP contribution in [0.2, 0.25) is 0 Å². The van der Waals surface area contributed by atoms with E-state index in [2.05, 4.69) is 0 Å². The van der Waals surface area contributed by atoms with Crippen LogP contribution in [0.5, 0.6) is 0 Å². The first-order chi connectivity index (χ1) is 5.75. The van der Waals surface area contributed by atoms with Crippen molar-refractivity contribution in [1.29, 1.82) is 0 Å². The first kappa shape index (κ1) is 8.53. The molecule has 0 fully saturated rings. The van der Waals surface area contributed by atoms with Gasteiger partial charge in [0, 0.05) is 17.3 Å². The van der Waals surface area contributed by atoms with Crippen molar-refractivity contribution in [3.05, 3.63) is 47.7 Å². The molecule has 1 aromatic carbocycles. The number of allylic oxidation sites excluding steroid dienone is 1. The molecule has 0 saturated carbocycles. The second-order valence-electron chi connectivity index (χ2n) is 2.54. The Bertz CT molecular complexity index is 301. The number of rotatable bonds is 2. The van der Waals surface area contributed by atoms with Gasteiger partial charge in [0.05, 0.1) is 0 Å². The molecule has 0 aliphatic carbocycles. The summed E-state index contributed by atoms with van der Waals surface area (Å²) in [6, 6.07) is 9.08. The topological polar surface area (TPSA) is 43.1 Å². The van der Waals surface area contributed by atoms with Crippen LogP contribution in [0.15, 0.2) is 42.1 Å². The Morgan fingerprint density at radius 2 is 1.92 bits per heavy atom. The summed E-state index contributed by atoms with van der Waals surface area (Å²) >= 11 is 0. The van der Waals surface area contributed by atoms with Crippen LogP contribution in [0.3, 0.4) is 0 Å². The van der Waals surface area contributed by atoms with Gasteiger partial charge in [-0.05, 0) is 6.92 Å². The van der Waals surface area contributed by atoms with Crippen LogP contribution in [0.4, 0.5) is 0 Å². The Morgan fingerprint density at radius 1 is 1.33 bits per heavy atom. The normalized spacial score (nSPS) is 11.2. The number of benzene rings is 1. The number of nitrogens with two attached hydrogens (primary N) is 1. The summed E-state index contributed by atoms with van der Waals surface area (Å²) in [5, 5.41) is 0. The van der Waals surface area contributed by atoms with Gasteiger partial charge in [-0.3, -0.25) is 4.79 Å². The van der Waals surface area contributed by atoms with Gasteiger partial charge in [0.25, 0.3) is 0 Å². The van der Waals surface area contributed by atoms with Crippen LogP contribution >= 0.6 is 0 Å². The lowest BCUT2D eigenvalue weighted by Gasteiger charge is -1.98. The standard InChI is InChI=1S/C10H11NO/c1-8(7-11)10(12)9-5-3-2-4-6-9/h2-7H,11H2,1H3/b8-7+. The van der Waals surface area contributed by atoms with Gasteiger partial charge in [0.15, 0.2) is 5.78 Å². The predicted octanol–water partition coefficient (Wildman–Crippen LogP) is 1.73. The number of Topliss-reactive ketones (excluding diaryl/α,β-unsaturated/α-hetero) is 1. The second kappa shape index (κ2) is 3.72. The summed E-state index contributed by atoms with van der Waals surface area (Å²) < 4.78 is 0. The first-order valence-corrected chi connectivity index (χ1v) is 3.74. The molecule has 0 aromatic heterocycles. The van der Waals surface area contributed by atoms with Crippen molar-refractivity contribution < 1.29 is 4.79 Å². The molecule has 12 heavy (non-hydrogen) atoms.